The Bertz CT molecular complexity index is 960. The molecule has 0 aliphatic carbocycles. The highest BCUT2D eigenvalue weighted by atomic mass is 32.2. The number of nitrogens with zero attached hydrogens (tertiary/aromatic N) is 2. The third kappa shape index (κ3) is 4.55. The van der Waals surface area contributed by atoms with Gasteiger partial charge in [-0.15, -0.1) is 10.2 Å². The largest absolute Gasteiger partial charge is 0.495 e. The van der Waals surface area contributed by atoms with Crippen LogP contribution in [-0.4, -0.2) is 43.2 Å². The van der Waals surface area contributed by atoms with Crippen molar-refractivity contribution < 1.29 is 23.4 Å². The van der Waals surface area contributed by atoms with Gasteiger partial charge in [-0.05, 0) is 30.3 Å². The van der Waals surface area contributed by atoms with Crippen molar-refractivity contribution in [1.29, 1.82) is 0 Å². The number of thioether (sulfide) groups is 1. The number of rotatable bonds is 8. The fourth-order valence-corrected chi connectivity index (χ4v) is 2.98. The zero-order chi connectivity index (χ0) is 19.9. The van der Waals surface area contributed by atoms with Crippen LogP contribution in [0.5, 0.6) is 17.2 Å². The van der Waals surface area contributed by atoms with Gasteiger partial charge in [0.1, 0.15) is 5.75 Å². The second kappa shape index (κ2) is 9.14. The molecular formula is C19H19N3O5S. The van der Waals surface area contributed by atoms with Crippen LogP contribution >= 0.6 is 11.8 Å². The molecule has 0 saturated carbocycles. The molecule has 0 unspecified atom stereocenters. The smallest absolute Gasteiger partial charge is 0.277 e. The minimum Gasteiger partial charge on any atom is -0.495 e. The molecule has 0 aliphatic heterocycles. The van der Waals surface area contributed by atoms with Crippen LogP contribution in [0, 0.1) is 0 Å². The summed E-state index contributed by atoms with van der Waals surface area (Å²) in [6.45, 7) is 0. The van der Waals surface area contributed by atoms with Gasteiger partial charge in [-0.2, -0.15) is 0 Å². The first-order chi connectivity index (χ1) is 13.6. The van der Waals surface area contributed by atoms with Crippen LogP contribution in [-0.2, 0) is 4.79 Å². The molecule has 3 rings (SSSR count). The van der Waals surface area contributed by atoms with E-state index < -0.39 is 0 Å². The average Bonchev–Trinajstić information content (AvgIpc) is 3.21. The van der Waals surface area contributed by atoms with E-state index >= 15 is 0 Å². The first-order valence-electron chi connectivity index (χ1n) is 8.26. The number of methoxy groups -OCH3 is 3. The SMILES string of the molecule is COc1ccccc1NC(=O)CSc1nnc(-c2ccc(OC)c(OC)c2)o1. The second-order valence-corrected chi connectivity index (χ2v) is 6.41. The number of hydrogen-bond donors (Lipinski definition) is 1. The minimum absolute atomic E-state index is 0.117. The molecule has 0 atom stereocenters. The van der Waals surface area contributed by atoms with Crippen molar-refractivity contribution in [3.05, 3.63) is 42.5 Å². The molecule has 9 heteroatoms. The topological polar surface area (TPSA) is 95.7 Å². The molecule has 0 bridgehead atoms. The monoisotopic (exact) mass is 401 g/mol. The zero-order valence-electron chi connectivity index (χ0n) is 15.6. The summed E-state index contributed by atoms with van der Waals surface area (Å²) in [5.74, 6) is 1.99. The van der Waals surface area contributed by atoms with Crippen molar-refractivity contribution in [3.8, 4) is 28.7 Å². The van der Waals surface area contributed by atoms with Crippen LogP contribution in [0.15, 0.2) is 52.1 Å². The van der Waals surface area contributed by atoms with Gasteiger partial charge >= 0.3 is 0 Å². The highest BCUT2D eigenvalue weighted by Gasteiger charge is 2.14. The van der Waals surface area contributed by atoms with Crippen LogP contribution in [0.1, 0.15) is 0 Å². The van der Waals surface area contributed by atoms with Crippen molar-refractivity contribution in [1.82, 2.24) is 10.2 Å². The lowest BCUT2D eigenvalue weighted by Crippen LogP contribution is -2.14. The molecule has 28 heavy (non-hydrogen) atoms. The Morgan fingerprint density at radius 1 is 1.00 bits per heavy atom. The van der Waals surface area contributed by atoms with Crippen molar-refractivity contribution in [3.63, 3.8) is 0 Å². The lowest BCUT2D eigenvalue weighted by molar-refractivity contribution is -0.113. The molecule has 0 fully saturated rings. The van der Waals surface area contributed by atoms with E-state index in [2.05, 4.69) is 15.5 Å². The van der Waals surface area contributed by atoms with Gasteiger partial charge in [0.15, 0.2) is 11.5 Å². The summed E-state index contributed by atoms with van der Waals surface area (Å²) in [4.78, 5) is 12.2. The highest BCUT2D eigenvalue weighted by molar-refractivity contribution is 7.99. The number of benzene rings is 2. The minimum atomic E-state index is -0.208. The number of nitrogens with one attached hydrogen (secondary N) is 1. The predicted octanol–water partition coefficient (Wildman–Crippen LogP) is 3.49. The molecule has 0 aliphatic rings. The zero-order valence-corrected chi connectivity index (χ0v) is 16.4. The number of para-hydroxylation sites is 2. The van der Waals surface area contributed by atoms with Crippen molar-refractivity contribution in [2.75, 3.05) is 32.4 Å². The molecule has 0 radical (unpaired) electrons. The summed E-state index contributed by atoms with van der Waals surface area (Å²) < 4.78 is 21.3. The van der Waals surface area contributed by atoms with Crippen LogP contribution in [0.25, 0.3) is 11.5 Å². The van der Waals surface area contributed by atoms with E-state index in [-0.39, 0.29) is 11.7 Å². The molecule has 1 N–H and O–H groups in total. The second-order valence-electron chi connectivity index (χ2n) is 5.48. The molecular weight excluding hydrogens is 382 g/mol. The third-order valence-electron chi connectivity index (χ3n) is 3.74. The van der Waals surface area contributed by atoms with E-state index in [1.807, 2.05) is 12.1 Å². The molecule has 1 heterocycles. The van der Waals surface area contributed by atoms with Crippen molar-refractivity contribution in [2.24, 2.45) is 0 Å². The van der Waals surface area contributed by atoms with Gasteiger partial charge in [-0.3, -0.25) is 4.79 Å². The van der Waals surface area contributed by atoms with Crippen LogP contribution < -0.4 is 19.5 Å². The Hall–Kier alpha value is -3.20. The molecule has 1 aromatic heterocycles. The molecule has 2 aromatic carbocycles. The quantitative estimate of drug-likeness (QED) is 0.573. The summed E-state index contributed by atoms with van der Waals surface area (Å²) in [5.41, 5.74) is 1.29. The van der Waals surface area contributed by atoms with Gasteiger partial charge in [0.2, 0.25) is 11.8 Å². The van der Waals surface area contributed by atoms with E-state index in [9.17, 15) is 4.79 Å². The van der Waals surface area contributed by atoms with E-state index in [0.717, 1.165) is 11.8 Å². The van der Waals surface area contributed by atoms with E-state index in [4.69, 9.17) is 18.6 Å². The van der Waals surface area contributed by atoms with Crippen LogP contribution in [0.3, 0.4) is 0 Å². The maximum atomic E-state index is 12.2. The van der Waals surface area contributed by atoms with Crippen molar-refractivity contribution in [2.45, 2.75) is 5.22 Å². The average molecular weight is 401 g/mol. The summed E-state index contributed by atoms with van der Waals surface area (Å²) in [5, 5.41) is 11.1. The maximum absolute atomic E-state index is 12.2. The number of hydrogen-bond acceptors (Lipinski definition) is 8. The summed E-state index contributed by atoms with van der Waals surface area (Å²) in [7, 11) is 4.67. The van der Waals surface area contributed by atoms with E-state index in [0.29, 0.717) is 39.6 Å². The van der Waals surface area contributed by atoms with Gasteiger partial charge < -0.3 is 23.9 Å². The van der Waals surface area contributed by atoms with Gasteiger partial charge in [-0.25, -0.2) is 0 Å². The highest BCUT2D eigenvalue weighted by Crippen LogP contribution is 2.32. The Morgan fingerprint density at radius 2 is 1.75 bits per heavy atom. The van der Waals surface area contributed by atoms with Crippen molar-refractivity contribution >= 4 is 23.4 Å². The van der Waals surface area contributed by atoms with Gasteiger partial charge in [0, 0.05) is 5.56 Å². The molecule has 8 nitrogen and oxygen atoms in total. The lowest BCUT2D eigenvalue weighted by atomic mass is 10.2. The Morgan fingerprint density at radius 3 is 2.50 bits per heavy atom. The number of carbonyl (C=O) groups is 1. The number of ether oxygens (including phenoxy) is 3. The van der Waals surface area contributed by atoms with Gasteiger partial charge in [0.25, 0.3) is 5.22 Å². The lowest BCUT2D eigenvalue weighted by Gasteiger charge is -2.08. The summed E-state index contributed by atoms with van der Waals surface area (Å²) in [6, 6.07) is 12.5. The first-order valence-corrected chi connectivity index (χ1v) is 9.24. The molecule has 0 spiro atoms. The number of anilines is 1. The summed E-state index contributed by atoms with van der Waals surface area (Å²) >= 11 is 1.15. The number of amides is 1. The molecule has 1 amide bonds. The number of aromatic nitrogens is 2. The fourth-order valence-electron chi connectivity index (χ4n) is 2.42. The van der Waals surface area contributed by atoms with Gasteiger partial charge in [-0.1, -0.05) is 23.9 Å². The first kappa shape index (κ1) is 19.6. The van der Waals surface area contributed by atoms with E-state index in [1.165, 1.54) is 0 Å². The Balaban J connectivity index is 1.62. The standard InChI is InChI=1S/C19H19N3O5S/c1-24-14-7-5-4-6-13(14)20-17(23)11-28-19-22-21-18(27-19)12-8-9-15(25-2)16(10-12)26-3/h4-10H,11H2,1-3H3,(H,20,23). The Labute approximate surface area is 166 Å². The molecule has 0 saturated heterocycles. The van der Waals surface area contributed by atoms with Crippen LogP contribution in [0.4, 0.5) is 5.69 Å². The Kier molecular flexibility index (Phi) is 6.38. The number of carbonyl (C=O) groups excluding carboxylic acids is 1. The van der Waals surface area contributed by atoms with Crippen LogP contribution in [0.2, 0.25) is 0 Å². The normalized spacial score (nSPS) is 10.4. The predicted molar refractivity (Wildman–Crippen MR) is 105 cm³/mol. The summed E-state index contributed by atoms with van der Waals surface area (Å²) in [6.07, 6.45) is 0. The van der Waals surface area contributed by atoms with E-state index in [1.54, 1.807) is 51.7 Å². The molecule has 146 valence electrons. The third-order valence-corrected chi connectivity index (χ3v) is 4.56. The fraction of sp³-hybridized carbons (Fsp3) is 0.211. The van der Waals surface area contributed by atoms with Gasteiger partial charge in [0.05, 0.1) is 32.8 Å². The maximum Gasteiger partial charge on any atom is 0.277 e. The molecule has 3 aromatic rings.